The number of nitrogens with one attached hydrogen (secondary N) is 2. The van der Waals surface area contributed by atoms with Crippen molar-refractivity contribution < 1.29 is 9.59 Å². The van der Waals surface area contributed by atoms with Crippen molar-refractivity contribution in [1.29, 1.82) is 0 Å². The Balaban J connectivity index is 2.16. The molecule has 1 aromatic carbocycles. The molecule has 1 aromatic heterocycles. The Bertz CT molecular complexity index is 813. The van der Waals surface area contributed by atoms with Gasteiger partial charge in [-0.25, -0.2) is 4.98 Å². The van der Waals surface area contributed by atoms with Crippen molar-refractivity contribution >= 4 is 34.1 Å². The lowest BCUT2D eigenvalue weighted by molar-refractivity contribution is -0.132. The third-order valence-corrected chi connectivity index (χ3v) is 3.52. The highest BCUT2D eigenvalue weighted by Crippen LogP contribution is 2.29. The number of hydrogen-bond donors (Lipinski definition) is 3. The summed E-state index contributed by atoms with van der Waals surface area (Å²) in [5.74, 6) is -0.777. The number of anilines is 2. The number of nitrogen functional groups attached to an aromatic ring is 1. The number of piperazine rings is 1. The van der Waals surface area contributed by atoms with Crippen LogP contribution in [0.3, 0.4) is 0 Å². The lowest BCUT2D eigenvalue weighted by Crippen LogP contribution is -2.57. The van der Waals surface area contributed by atoms with Gasteiger partial charge >= 0.3 is 0 Å². The number of rotatable bonds is 1. The second-order valence-corrected chi connectivity index (χ2v) is 4.88. The number of nitrogens with two attached hydrogens (primary N) is 1. The standard InChI is InChI=1S/C13H13N5O3/c1-6-12(20)17-11(19)4-18(6)10-3-9-7(2-8(10)14)13(21)16-5-15-9/h2-3,5-6H,4,14H2,1H3,(H,15,16,21)(H,17,19,20). The zero-order valence-electron chi connectivity index (χ0n) is 11.2. The number of imide groups is 1. The van der Waals surface area contributed by atoms with Gasteiger partial charge in [0.1, 0.15) is 6.04 Å². The molecule has 1 unspecified atom stereocenters. The highest BCUT2D eigenvalue weighted by Gasteiger charge is 2.31. The van der Waals surface area contributed by atoms with E-state index in [1.807, 2.05) is 0 Å². The molecular formula is C13H13N5O3. The van der Waals surface area contributed by atoms with Gasteiger partial charge in [0.2, 0.25) is 11.8 Å². The van der Waals surface area contributed by atoms with Crippen LogP contribution in [0.25, 0.3) is 10.9 Å². The van der Waals surface area contributed by atoms with Crippen molar-refractivity contribution in [2.45, 2.75) is 13.0 Å². The summed E-state index contributed by atoms with van der Waals surface area (Å²) in [7, 11) is 0. The molecule has 0 spiro atoms. The number of benzene rings is 1. The highest BCUT2D eigenvalue weighted by molar-refractivity contribution is 6.05. The average Bonchev–Trinajstić information content (AvgIpc) is 2.43. The van der Waals surface area contributed by atoms with Crippen molar-refractivity contribution in [1.82, 2.24) is 15.3 Å². The van der Waals surface area contributed by atoms with Gasteiger partial charge in [0.05, 0.1) is 35.1 Å². The third-order valence-electron chi connectivity index (χ3n) is 3.52. The molecule has 1 aliphatic heterocycles. The van der Waals surface area contributed by atoms with Gasteiger partial charge in [-0.15, -0.1) is 0 Å². The quantitative estimate of drug-likeness (QED) is 0.473. The summed E-state index contributed by atoms with van der Waals surface area (Å²) in [4.78, 5) is 43.1. The molecule has 3 rings (SSSR count). The van der Waals surface area contributed by atoms with Crippen LogP contribution in [0.4, 0.5) is 11.4 Å². The molecule has 8 nitrogen and oxygen atoms in total. The fourth-order valence-corrected chi connectivity index (χ4v) is 2.38. The lowest BCUT2D eigenvalue weighted by atomic mass is 10.1. The summed E-state index contributed by atoms with van der Waals surface area (Å²) < 4.78 is 0. The third kappa shape index (κ3) is 2.10. The number of aromatic nitrogens is 2. The molecule has 2 aromatic rings. The Morgan fingerprint density at radius 1 is 1.33 bits per heavy atom. The van der Waals surface area contributed by atoms with Crippen LogP contribution in [0.5, 0.6) is 0 Å². The summed E-state index contributed by atoms with van der Waals surface area (Å²) in [5, 5.41) is 2.62. The predicted octanol–water partition coefficient (Wildman–Crippen LogP) is -0.643. The van der Waals surface area contributed by atoms with Crippen molar-refractivity contribution in [3.63, 3.8) is 0 Å². The molecule has 108 valence electrons. The Labute approximate surface area is 119 Å². The number of fused-ring (bicyclic) bond motifs is 1. The Hall–Kier alpha value is -2.90. The Morgan fingerprint density at radius 3 is 2.86 bits per heavy atom. The molecule has 1 saturated heterocycles. The van der Waals surface area contributed by atoms with Crippen molar-refractivity contribution in [3.05, 3.63) is 28.8 Å². The van der Waals surface area contributed by atoms with E-state index in [-0.39, 0.29) is 18.0 Å². The van der Waals surface area contributed by atoms with Crippen LogP contribution in [0.15, 0.2) is 23.3 Å². The van der Waals surface area contributed by atoms with Gasteiger partial charge in [-0.2, -0.15) is 0 Å². The largest absolute Gasteiger partial charge is 0.397 e. The molecule has 0 radical (unpaired) electrons. The minimum atomic E-state index is -0.538. The number of H-pyrrole nitrogens is 1. The lowest BCUT2D eigenvalue weighted by Gasteiger charge is -2.34. The first-order chi connectivity index (χ1) is 9.97. The molecule has 0 bridgehead atoms. The fraction of sp³-hybridized carbons (Fsp3) is 0.231. The molecule has 0 saturated carbocycles. The van der Waals surface area contributed by atoms with E-state index in [0.29, 0.717) is 22.3 Å². The number of amides is 2. The molecule has 2 heterocycles. The van der Waals surface area contributed by atoms with Gasteiger partial charge in [-0.1, -0.05) is 0 Å². The second-order valence-electron chi connectivity index (χ2n) is 4.88. The van der Waals surface area contributed by atoms with Crippen LogP contribution in [0.1, 0.15) is 6.92 Å². The first kappa shape index (κ1) is 13.1. The first-order valence-corrected chi connectivity index (χ1v) is 6.34. The Kier molecular flexibility index (Phi) is 2.86. The van der Waals surface area contributed by atoms with Crippen molar-refractivity contribution in [3.8, 4) is 0 Å². The molecule has 1 aliphatic rings. The first-order valence-electron chi connectivity index (χ1n) is 6.34. The maximum atomic E-state index is 11.7. The molecule has 8 heteroatoms. The Morgan fingerprint density at radius 2 is 2.10 bits per heavy atom. The van der Waals surface area contributed by atoms with Gasteiger partial charge in [-0.3, -0.25) is 19.7 Å². The summed E-state index contributed by atoms with van der Waals surface area (Å²) >= 11 is 0. The SMILES string of the molecule is CC1C(=O)NC(=O)CN1c1cc2nc[nH]c(=O)c2cc1N. The van der Waals surface area contributed by atoms with E-state index >= 15 is 0 Å². The maximum Gasteiger partial charge on any atom is 0.258 e. The summed E-state index contributed by atoms with van der Waals surface area (Å²) in [6.45, 7) is 1.70. The predicted molar refractivity (Wildman–Crippen MR) is 76.7 cm³/mol. The fourth-order valence-electron chi connectivity index (χ4n) is 2.38. The van der Waals surface area contributed by atoms with Gasteiger partial charge in [-0.05, 0) is 19.1 Å². The number of aromatic amines is 1. The zero-order chi connectivity index (χ0) is 15.1. The highest BCUT2D eigenvalue weighted by atomic mass is 16.2. The van der Waals surface area contributed by atoms with Crippen LogP contribution in [0, 0.1) is 0 Å². The number of hydrogen-bond acceptors (Lipinski definition) is 6. The molecular weight excluding hydrogens is 274 g/mol. The number of carbonyl (C=O) groups excluding carboxylic acids is 2. The molecule has 2 amide bonds. The van der Waals surface area contributed by atoms with E-state index in [2.05, 4.69) is 15.3 Å². The van der Waals surface area contributed by atoms with Crippen LogP contribution in [0.2, 0.25) is 0 Å². The van der Waals surface area contributed by atoms with Gasteiger partial charge < -0.3 is 15.6 Å². The summed E-state index contributed by atoms with van der Waals surface area (Å²) in [6.07, 6.45) is 1.29. The van der Waals surface area contributed by atoms with Crippen molar-refractivity contribution in [2.24, 2.45) is 0 Å². The van der Waals surface area contributed by atoms with E-state index < -0.39 is 11.9 Å². The van der Waals surface area contributed by atoms with Gasteiger partial charge in [0.25, 0.3) is 5.56 Å². The van der Waals surface area contributed by atoms with E-state index in [1.54, 1.807) is 17.9 Å². The van der Waals surface area contributed by atoms with Crippen LogP contribution in [-0.2, 0) is 9.59 Å². The van der Waals surface area contributed by atoms with Crippen LogP contribution in [-0.4, -0.2) is 34.4 Å². The van der Waals surface area contributed by atoms with Gasteiger partial charge in [0.15, 0.2) is 0 Å². The molecule has 21 heavy (non-hydrogen) atoms. The summed E-state index contributed by atoms with van der Waals surface area (Å²) in [5.41, 5.74) is 6.96. The normalized spacial score (nSPS) is 18.9. The smallest absolute Gasteiger partial charge is 0.258 e. The second kappa shape index (κ2) is 4.58. The molecule has 1 atom stereocenters. The topological polar surface area (TPSA) is 121 Å². The van der Waals surface area contributed by atoms with Crippen LogP contribution >= 0.6 is 0 Å². The average molecular weight is 287 g/mol. The van der Waals surface area contributed by atoms with E-state index in [9.17, 15) is 14.4 Å². The minimum Gasteiger partial charge on any atom is -0.397 e. The van der Waals surface area contributed by atoms with Crippen LogP contribution < -0.4 is 21.5 Å². The zero-order valence-corrected chi connectivity index (χ0v) is 11.2. The number of carbonyl (C=O) groups is 2. The van der Waals surface area contributed by atoms with Crippen molar-refractivity contribution in [2.75, 3.05) is 17.2 Å². The molecule has 1 fully saturated rings. The summed E-state index contributed by atoms with van der Waals surface area (Å²) in [6, 6.07) is 2.58. The van der Waals surface area contributed by atoms with E-state index in [0.717, 1.165) is 0 Å². The minimum absolute atomic E-state index is 0.0196. The number of nitrogens with zero attached hydrogens (tertiary/aromatic N) is 2. The molecule has 0 aliphatic carbocycles. The van der Waals surface area contributed by atoms with E-state index in [1.165, 1.54) is 12.4 Å². The molecule has 4 N–H and O–H groups in total. The monoisotopic (exact) mass is 287 g/mol. The van der Waals surface area contributed by atoms with E-state index in [4.69, 9.17) is 5.73 Å². The maximum absolute atomic E-state index is 11.7. The van der Waals surface area contributed by atoms with Gasteiger partial charge in [0, 0.05) is 0 Å².